The molecule has 104 valence electrons. The number of hydrogen-bond acceptors (Lipinski definition) is 1. The Morgan fingerprint density at radius 2 is 1.60 bits per heavy atom. The van der Waals surface area contributed by atoms with E-state index >= 15 is 0 Å². The molecule has 1 N–H and O–H groups in total. The van der Waals surface area contributed by atoms with Crippen molar-refractivity contribution in [1.29, 1.82) is 0 Å². The molecule has 0 saturated carbocycles. The maximum Gasteiger partial charge on any atom is 0.0617 e. The minimum atomic E-state index is -0.313. The van der Waals surface area contributed by atoms with Crippen LogP contribution in [0.25, 0.3) is 6.08 Å². The summed E-state index contributed by atoms with van der Waals surface area (Å²) in [6, 6.07) is 20.5. The van der Waals surface area contributed by atoms with Crippen LogP contribution >= 0.6 is 0 Å². The summed E-state index contributed by atoms with van der Waals surface area (Å²) >= 11 is 0. The molecule has 2 rings (SSSR count). The SMILES string of the molecule is CC/C(=C/c1ccccc1)CC(O)Cc1ccccc1. The molecule has 0 saturated heterocycles. The molecule has 0 amide bonds. The molecule has 0 aliphatic rings. The Labute approximate surface area is 121 Å². The van der Waals surface area contributed by atoms with E-state index in [1.54, 1.807) is 0 Å². The highest BCUT2D eigenvalue weighted by Crippen LogP contribution is 2.17. The van der Waals surface area contributed by atoms with Crippen LogP contribution in [0.3, 0.4) is 0 Å². The summed E-state index contributed by atoms with van der Waals surface area (Å²) in [7, 11) is 0. The van der Waals surface area contributed by atoms with Gasteiger partial charge in [0, 0.05) is 0 Å². The van der Waals surface area contributed by atoms with Crippen LogP contribution in [0.4, 0.5) is 0 Å². The van der Waals surface area contributed by atoms with Gasteiger partial charge in [0.25, 0.3) is 0 Å². The molecule has 2 aromatic carbocycles. The summed E-state index contributed by atoms with van der Waals surface area (Å²) in [5.41, 5.74) is 3.69. The van der Waals surface area contributed by atoms with Gasteiger partial charge in [-0.05, 0) is 30.4 Å². The van der Waals surface area contributed by atoms with E-state index in [-0.39, 0.29) is 6.10 Å². The molecular weight excluding hydrogens is 244 g/mol. The van der Waals surface area contributed by atoms with Gasteiger partial charge in [0.15, 0.2) is 0 Å². The third-order valence-corrected chi connectivity index (χ3v) is 3.44. The maximum absolute atomic E-state index is 10.2. The van der Waals surface area contributed by atoms with Crippen molar-refractivity contribution < 1.29 is 5.11 Å². The average Bonchev–Trinajstić information content (AvgIpc) is 2.48. The van der Waals surface area contributed by atoms with E-state index in [4.69, 9.17) is 0 Å². The Bertz CT molecular complexity index is 528. The zero-order valence-electron chi connectivity index (χ0n) is 12.0. The van der Waals surface area contributed by atoms with Gasteiger partial charge >= 0.3 is 0 Å². The second-order valence-corrected chi connectivity index (χ2v) is 5.11. The van der Waals surface area contributed by atoms with Crippen molar-refractivity contribution in [3.63, 3.8) is 0 Å². The van der Waals surface area contributed by atoms with E-state index in [1.807, 2.05) is 36.4 Å². The fourth-order valence-electron chi connectivity index (χ4n) is 2.35. The summed E-state index contributed by atoms with van der Waals surface area (Å²) in [5.74, 6) is 0. The lowest BCUT2D eigenvalue weighted by molar-refractivity contribution is 0.174. The second-order valence-electron chi connectivity index (χ2n) is 5.11. The molecule has 20 heavy (non-hydrogen) atoms. The van der Waals surface area contributed by atoms with E-state index in [9.17, 15) is 5.11 Å². The summed E-state index contributed by atoms with van der Waals surface area (Å²) in [6.07, 6.45) is 4.30. The first-order valence-electron chi connectivity index (χ1n) is 7.24. The molecule has 0 aliphatic carbocycles. The molecule has 0 aromatic heterocycles. The van der Waals surface area contributed by atoms with Crippen LogP contribution in [0.15, 0.2) is 66.2 Å². The Hall–Kier alpha value is -1.86. The van der Waals surface area contributed by atoms with Gasteiger partial charge in [-0.15, -0.1) is 0 Å². The lowest BCUT2D eigenvalue weighted by Crippen LogP contribution is -2.11. The Kier molecular flexibility index (Phi) is 5.57. The third kappa shape index (κ3) is 4.67. The van der Waals surface area contributed by atoms with Crippen LogP contribution in [-0.4, -0.2) is 11.2 Å². The van der Waals surface area contributed by atoms with Gasteiger partial charge in [-0.25, -0.2) is 0 Å². The quantitative estimate of drug-likeness (QED) is 0.817. The fraction of sp³-hybridized carbons (Fsp3) is 0.263. The number of hydrogen-bond donors (Lipinski definition) is 1. The molecule has 0 radical (unpaired) electrons. The first-order valence-corrected chi connectivity index (χ1v) is 7.24. The van der Waals surface area contributed by atoms with Crippen molar-refractivity contribution in [2.24, 2.45) is 0 Å². The van der Waals surface area contributed by atoms with Crippen LogP contribution < -0.4 is 0 Å². The molecular formula is C19H22O. The van der Waals surface area contributed by atoms with Crippen molar-refractivity contribution in [3.05, 3.63) is 77.4 Å². The van der Waals surface area contributed by atoms with E-state index in [1.165, 1.54) is 16.7 Å². The number of benzene rings is 2. The van der Waals surface area contributed by atoms with E-state index in [2.05, 4.69) is 37.3 Å². The van der Waals surface area contributed by atoms with Gasteiger partial charge in [-0.2, -0.15) is 0 Å². The van der Waals surface area contributed by atoms with Crippen LogP contribution in [0.1, 0.15) is 30.9 Å². The zero-order valence-corrected chi connectivity index (χ0v) is 12.0. The molecule has 0 bridgehead atoms. The summed E-state index contributed by atoms with van der Waals surface area (Å²) in [4.78, 5) is 0. The lowest BCUT2D eigenvalue weighted by Gasteiger charge is -2.13. The molecule has 0 heterocycles. The second kappa shape index (κ2) is 7.66. The topological polar surface area (TPSA) is 20.2 Å². The Morgan fingerprint density at radius 1 is 1.00 bits per heavy atom. The smallest absolute Gasteiger partial charge is 0.0617 e. The van der Waals surface area contributed by atoms with E-state index in [0.717, 1.165) is 12.8 Å². The van der Waals surface area contributed by atoms with Gasteiger partial charge in [0.1, 0.15) is 0 Å². The van der Waals surface area contributed by atoms with Crippen molar-refractivity contribution >= 4 is 6.08 Å². The summed E-state index contributed by atoms with van der Waals surface area (Å²) in [5, 5.41) is 10.2. The first kappa shape index (κ1) is 14.5. The van der Waals surface area contributed by atoms with Gasteiger partial charge in [-0.3, -0.25) is 0 Å². The van der Waals surface area contributed by atoms with Crippen molar-refractivity contribution in [2.45, 2.75) is 32.3 Å². The molecule has 1 unspecified atom stereocenters. The maximum atomic E-state index is 10.2. The number of rotatable bonds is 6. The molecule has 2 aromatic rings. The van der Waals surface area contributed by atoms with Crippen molar-refractivity contribution in [1.82, 2.24) is 0 Å². The third-order valence-electron chi connectivity index (χ3n) is 3.44. The van der Waals surface area contributed by atoms with E-state index < -0.39 is 0 Å². The summed E-state index contributed by atoms with van der Waals surface area (Å²) < 4.78 is 0. The molecule has 1 nitrogen and oxygen atoms in total. The van der Waals surface area contributed by atoms with Crippen molar-refractivity contribution in [3.8, 4) is 0 Å². The summed E-state index contributed by atoms with van der Waals surface area (Å²) in [6.45, 7) is 2.14. The highest BCUT2D eigenvalue weighted by atomic mass is 16.3. The van der Waals surface area contributed by atoms with Crippen LogP contribution in [0, 0.1) is 0 Å². The molecule has 1 atom stereocenters. The Balaban J connectivity index is 1.98. The minimum Gasteiger partial charge on any atom is -0.392 e. The highest BCUT2D eigenvalue weighted by Gasteiger charge is 2.08. The van der Waals surface area contributed by atoms with E-state index in [0.29, 0.717) is 6.42 Å². The lowest BCUT2D eigenvalue weighted by atomic mass is 9.98. The molecule has 1 heteroatoms. The predicted molar refractivity (Wildman–Crippen MR) is 85.5 cm³/mol. The number of aliphatic hydroxyl groups excluding tert-OH is 1. The normalized spacial score (nSPS) is 13.2. The van der Waals surface area contributed by atoms with Gasteiger partial charge in [0.05, 0.1) is 6.10 Å². The van der Waals surface area contributed by atoms with Gasteiger partial charge < -0.3 is 5.11 Å². The average molecular weight is 266 g/mol. The highest BCUT2D eigenvalue weighted by molar-refractivity contribution is 5.52. The monoisotopic (exact) mass is 266 g/mol. The van der Waals surface area contributed by atoms with Gasteiger partial charge in [0.2, 0.25) is 0 Å². The largest absolute Gasteiger partial charge is 0.392 e. The van der Waals surface area contributed by atoms with Crippen molar-refractivity contribution in [2.75, 3.05) is 0 Å². The molecule has 0 aliphatic heterocycles. The molecule has 0 fully saturated rings. The molecule has 0 spiro atoms. The van der Waals surface area contributed by atoms with Gasteiger partial charge in [-0.1, -0.05) is 79.2 Å². The zero-order chi connectivity index (χ0) is 14.2. The Morgan fingerprint density at radius 3 is 2.20 bits per heavy atom. The minimum absolute atomic E-state index is 0.313. The number of aliphatic hydroxyl groups is 1. The van der Waals surface area contributed by atoms with Crippen LogP contribution in [0.2, 0.25) is 0 Å². The van der Waals surface area contributed by atoms with Crippen LogP contribution in [-0.2, 0) is 6.42 Å². The first-order chi connectivity index (χ1) is 9.78. The fourth-order valence-corrected chi connectivity index (χ4v) is 2.35. The van der Waals surface area contributed by atoms with Crippen LogP contribution in [0.5, 0.6) is 0 Å². The predicted octanol–water partition coefficient (Wildman–Crippen LogP) is 4.47. The standard InChI is InChI=1S/C19H22O/c1-2-16(13-17-9-5-3-6-10-17)14-19(20)15-18-11-7-4-8-12-18/h3-13,19-20H,2,14-15H2,1H3/b16-13-.